The van der Waals surface area contributed by atoms with Crippen LogP contribution in [0.25, 0.3) is 0 Å². The monoisotopic (exact) mass is 249 g/mol. The van der Waals surface area contributed by atoms with Gasteiger partial charge in [0.2, 0.25) is 0 Å². The van der Waals surface area contributed by atoms with Crippen molar-refractivity contribution in [3.8, 4) is 0 Å². The SMILES string of the molecule is C=C(C)C[C@H](N)c1ccc(F)cc1Cl.Cl. The van der Waals surface area contributed by atoms with Crippen LogP contribution in [0.3, 0.4) is 0 Å². The molecule has 15 heavy (non-hydrogen) atoms. The Labute approximate surface area is 101 Å². The highest BCUT2D eigenvalue weighted by atomic mass is 35.5. The molecule has 4 heteroatoms. The molecule has 1 rings (SSSR count). The highest BCUT2D eigenvalue weighted by Crippen LogP contribution is 2.25. The van der Waals surface area contributed by atoms with Crippen molar-refractivity contribution in [2.75, 3.05) is 0 Å². The molecule has 0 aliphatic rings. The Hall–Kier alpha value is -0.570. The number of nitrogens with two attached hydrogens (primary N) is 1. The van der Waals surface area contributed by atoms with Crippen molar-refractivity contribution in [1.82, 2.24) is 0 Å². The van der Waals surface area contributed by atoms with Gasteiger partial charge in [0.15, 0.2) is 0 Å². The van der Waals surface area contributed by atoms with E-state index in [0.717, 1.165) is 11.1 Å². The van der Waals surface area contributed by atoms with Gasteiger partial charge >= 0.3 is 0 Å². The number of hydrogen-bond donors (Lipinski definition) is 1. The van der Waals surface area contributed by atoms with Crippen LogP contribution in [0.2, 0.25) is 5.02 Å². The fourth-order valence-corrected chi connectivity index (χ4v) is 1.59. The van der Waals surface area contributed by atoms with Crippen LogP contribution in [0.4, 0.5) is 4.39 Å². The number of halogens is 3. The Bertz CT molecular complexity index is 352. The summed E-state index contributed by atoms with van der Waals surface area (Å²) in [7, 11) is 0. The second-order valence-corrected chi connectivity index (χ2v) is 3.84. The van der Waals surface area contributed by atoms with Crippen molar-refractivity contribution in [2.24, 2.45) is 5.73 Å². The Kier molecular flexibility index (Phi) is 5.88. The largest absolute Gasteiger partial charge is 0.324 e. The molecule has 0 unspecified atom stereocenters. The minimum atomic E-state index is -0.346. The molecule has 2 N–H and O–H groups in total. The van der Waals surface area contributed by atoms with Crippen molar-refractivity contribution in [3.63, 3.8) is 0 Å². The average Bonchev–Trinajstić information content (AvgIpc) is 2.01. The van der Waals surface area contributed by atoms with Crippen LogP contribution in [0, 0.1) is 5.82 Å². The molecule has 0 fully saturated rings. The fraction of sp³-hybridized carbons (Fsp3) is 0.273. The second kappa shape index (κ2) is 6.11. The minimum Gasteiger partial charge on any atom is -0.324 e. The van der Waals surface area contributed by atoms with Gasteiger partial charge in [-0.1, -0.05) is 23.2 Å². The first-order chi connectivity index (χ1) is 6.50. The second-order valence-electron chi connectivity index (χ2n) is 3.43. The average molecular weight is 250 g/mol. The Morgan fingerprint density at radius 1 is 1.60 bits per heavy atom. The predicted octanol–water partition coefficient (Wildman–Crippen LogP) is 3.87. The van der Waals surface area contributed by atoms with Crippen LogP contribution >= 0.6 is 24.0 Å². The van der Waals surface area contributed by atoms with Gasteiger partial charge in [-0.3, -0.25) is 0 Å². The lowest BCUT2D eigenvalue weighted by atomic mass is 10.0. The maximum atomic E-state index is 12.7. The zero-order valence-electron chi connectivity index (χ0n) is 8.47. The van der Waals surface area contributed by atoms with Gasteiger partial charge in [-0.15, -0.1) is 19.0 Å². The summed E-state index contributed by atoms with van der Waals surface area (Å²) in [6.07, 6.45) is 0.658. The Balaban J connectivity index is 0.00000196. The van der Waals surface area contributed by atoms with Crippen molar-refractivity contribution in [3.05, 3.63) is 46.8 Å². The lowest BCUT2D eigenvalue weighted by molar-refractivity contribution is 0.624. The van der Waals surface area contributed by atoms with Crippen LogP contribution in [-0.2, 0) is 0 Å². The van der Waals surface area contributed by atoms with Gasteiger partial charge in [-0.05, 0) is 31.0 Å². The van der Waals surface area contributed by atoms with Crippen molar-refractivity contribution >= 4 is 24.0 Å². The first-order valence-corrected chi connectivity index (χ1v) is 4.73. The zero-order valence-corrected chi connectivity index (χ0v) is 10.0. The smallest absolute Gasteiger partial charge is 0.124 e. The summed E-state index contributed by atoms with van der Waals surface area (Å²) < 4.78 is 12.7. The summed E-state index contributed by atoms with van der Waals surface area (Å²) in [5.41, 5.74) is 7.62. The molecule has 0 heterocycles. The number of hydrogen-bond acceptors (Lipinski definition) is 1. The molecule has 1 atom stereocenters. The van der Waals surface area contributed by atoms with E-state index in [1.54, 1.807) is 6.07 Å². The number of rotatable bonds is 3. The Morgan fingerprint density at radius 3 is 2.67 bits per heavy atom. The topological polar surface area (TPSA) is 26.0 Å². The van der Waals surface area contributed by atoms with Crippen molar-refractivity contribution in [1.29, 1.82) is 0 Å². The third kappa shape index (κ3) is 4.20. The van der Waals surface area contributed by atoms with Gasteiger partial charge in [0.05, 0.1) is 0 Å². The highest BCUT2D eigenvalue weighted by Gasteiger charge is 2.10. The molecule has 0 spiro atoms. The molecule has 0 saturated carbocycles. The van der Waals surface area contributed by atoms with Crippen molar-refractivity contribution < 1.29 is 4.39 Å². The van der Waals surface area contributed by atoms with E-state index in [4.69, 9.17) is 17.3 Å². The molecular weight excluding hydrogens is 236 g/mol. The standard InChI is InChI=1S/C11H13ClFN.ClH/c1-7(2)5-11(14)9-4-3-8(13)6-10(9)12;/h3-4,6,11H,1,5,14H2,2H3;1H/t11-;/m0./s1. The molecule has 84 valence electrons. The summed E-state index contributed by atoms with van der Waals surface area (Å²) in [5.74, 6) is -0.346. The molecule has 1 aromatic carbocycles. The van der Waals surface area contributed by atoms with Crippen LogP contribution < -0.4 is 5.73 Å². The van der Waals surface area contributed by atoms with E-state index < -0.39 is 0 Å². The third-order valence-electron chi connectivity index (χ3n) is 1.93. The predicted molar refractivity (Wildman–Crippen MR) is 65.0 cm³/mol. The fourth-order valence-electron chi connectivity index (χ4n) is 1.29. The summed E-state index contributed by atoms with van der Waals surface area (Å²) >= 11 is 5.86. The number of benzene rings is 1. The van der Waals surface area contributed by atoms with Gasteiger partial charge in [0, 0.05) is 11.1 Å². The minimum absolute atomic E-state index is 0. The third-order valence-corrected chi connectivity index (χ3v) is 2.26. The zero-order chi connectivity index (χ0) is 10.7. The van der Waals surface area contributed by atoms with E-state index in [2.05, 4.69) is 6.58 Å². The molecule has 0 bridgehead atoms. The highest BCUT2D eigenvalue weighted by molar-refractivity contribution is 6.31. The molecule has 1 nitrogen and oxygen atoms in total. The van der Waals surface area contributed by atoms with Gasteiger partial charge in [-0.25, -0.2) is 4.39 Å². The summed E-state index contributed by atoms with van der Waals surface area (Å²) in [5, 5.41) is 0.374. The van der Waals surface area contributed by atoms with Crippen molar-refractivity contribution in [2.45, 2.75) is 19.4 Å². The van der Waals surface area contributed by atoms with E-state index in [1.165, 1.54) is 12.1 Å². The maximum Gasteiger partial charge on any atom is 0.124 e. The van der Waals surface area contributed by atoms with Crippen LogP contribution in [-0.4, -0.2) is 0 Å². The molecule has 0 amide bonds. The van der Waals surface area contributed by atoms with E-state index in [0.29, 0.717) is 11.4 Å². The maximum absolute atomic E-state index is 12.7. The lowest BCUT2D eigenvalue weighted by Gasteiger charge is -2.13. The van der Waals surface area contributed by atoms with Crippen LogP contribution in [0.5, 0.6) is 0 Å². The summed E-state index contributed by atoms with van der Waals surface area (Å²) in [6, 6.07) is 4.04. The summed E-state index contributed by atoms with van der Waals surface area (Å²) in [6.45, 7) is 5.67. The van der Waals surface area contributed by atoms with Gasteiger partial charge in [0.1, 0.15) is 5.82 Å². The molecule has 0 aliphatic heterocycles. The van der Waals surface area contributed by atoms with Crippen LogP contribution in [0.1, 0.15) is 24.9 Å². The molecule has 1 aromatic rings. The normalized spacial score (nSPS) is 11.7. The quantitative estimate of drug-likeness (QED) is 0.809. The lowest BCUT2D eigenvalue weighted by Crippen LogP contribution is -2.11. The molecule has 0 aromatic heterocycles. The molecule has 0 aliphatic carbocycles. The van der Waals surface area contributed by atoms with Gasteiger partial charge in [0.25, 0.3) is 0 Å². The Morgan fingerprint density at radius 2 is 2.20 bits per heavy atom. The first-order valence-electron chi connectivity index (χ1n) is 4.35. The van der Waals surface area contributed by atoms with E-state index in [-0.39, 0.29) is 24.3 Å². The molecule has 0 radical (unpaired) electrons. The molecular formula is C11H14Cl2FN. The molecule has 0 saturated heterocycles. The van der Waals surface area contributed by atoms with Gasteiger partial charge < -0.3 is 5.73 Å². The van der Waals surface area contributed by atoms with E-state index >= 15 is 0 Å². The van der Waals surface area contributed by atoms with E-state index in [9.17, 15) is 4.39 Å². The summed E-state index contributed by atoms with van der Waals surface area (Å²) in [4.78, 5) is 0. The van der Waals surface area contributed by atoms with E-state index in [1.807, 2.05) is 6.92 Å². The first kappa shape index (κ1) is 14.4. The van der Waals surface area contributed by atoms with Crippen LogP contribution in [0.15, 0.2) is 30.4 Å². The van der Waals surface area contributed by atoms with Gasteiger partial charge in [-0.2, -0.15) is 0 Å².